The highest BCUT2D eigenvalue weighted by Gasteiger charge is 2.22. The van der Waals surface area contributed by atoms with E-state index in [-0.39, 0.29) is 10.8 Å². The molecule has 4 rings (SSSR count). The van der Waals surface area contributed by atoms with E-state index in [0.29, 0.717) is 12.4 Å². The number of tetrazole rings is 1. The van der Waals surface area contributed by atoms with Crippen LogP contribution in [0.2, 0.25) is 5.15 Å². The Morgan fingerprint density at radius 2 is 2.03 bits per heavy atom. The highest BCUT2D eigenvalue weighted by molar-refractivity contribution is 6.32. The van der Waals surface area contributed by atoms with Gasteiger partial charge < -0.3 is 13.9 Å². The minimum absolute atomic E-state index is 0.173. The predicted octanol–water partition coefficient (Wildman–Crippen LogP) is 3.68. The Hall–Kier alpha value is -3.46. The summed E-state index contributed by atoms with van der Waals surface area (Å²) in [7, 11) is 1.34. The maximum Gasteiger partial charge on any atom is 0.357 e. The SMILES string of the molecule is CCCCc1nc(Cl)c(C(=O)OC)n1Cc1ccc(-n2cccc2-c2nnn[nH]2)cc1. The van der Waals surface area contributed by atoms with Crippen molar-refractivity contribution in [3.05, 3.63) is 64.8 Å². The maximum atomic E-state index is 12.3. The van der Waals surface area contributed by atoms with Crippen LogP contribution in [0.15, 0.2) is 42.6 Å². The third-order valence-electron chi connectivity index (χ3n) is 5.03. The van der Waals surface area contributed by atoms with Gasteiger partial charge in [0.25, 0.3) is 0 Å². The molecular formula is C21H22ClN7O2. The van der Waals surface area contributed by atoms with Gasteiger partial charge in [-0.15, -0.1) is 5.10 Å². The zero-order valence-electron chi connectivity index (χ0n) is 17.2. The van der Waals surface area contributed by atoms with Crippen molar-refractivity contribution in [2.24, 2.45) is 0 Å². The van der Waals surface area contributed by atoms with E-state index in [2.05, 4.69) is 32.5 Å². The Labute approximate surface area is 184 Å². The first-order valence-corrected chi connectivity index (χ1v) is 10.3. The molecule has 1 aromatic carbocycles. The van der Waals surface area contributed by atoms with Gasteiger partial charge in [0.2, 0.25) is 0 Å². The van der Waals surface area contributed by atoms with Gasteiger partial charge in [0.15, 0.2) is 16.7 Å². The van der Waals surface area contributed by atoms with Crippen molar-refractivity contribution in [3.8, 4) is 17.2 Å². The first-order chi connectivity index (χ1) is 15.1. The summed E-state index contributed by atoms with van der Waals surface area (Å²) in [6.45, 7) is 2.58. The number of unbranched alkanes of at least 4 members (excludes halogenated alkanes) is 1. The lowest BCUT2D eigenvalue weighted by Gasteiger charge is -2.12. The van der Waals surface area contributed by atoms with Crippen molar-refractivity contribution in [3.63, 3.8) is 0 Å². The molecule has 0 fully saturated rings. The van der Waals surface area contributed by atoms with Crippen molar-refractivity contribution >= 4 is 17.6 Å². The second-order valence-electron chi connectivity index (χ2n) is 7.03. The van der Waals surface area contributed by atoms with Gasteiger partial charge in [-0.05, 0) is 46.7 Å². The number of hydrogen-bond donors (Lipinski definition) is 1. The van der Waals surface area contributed by atoms with Crippen LogP contribution in [0.5, 0.6) is 0 Å². The van der Waals surface area contributed by atoms with E-state index in [1.165, 1.54) is 7.11 Å². The number of nitrogens with zero attached hydrogens (tertiary/aromatic N) is 6. The zero-order chi connectivity index (χ0) is 21.8. The number of imidazole rings is 1. The number of ether oxygens (including phenoxy) is 1. The molecule has 0 bridgehead atoms. The van der Waals surface area contributed by atoms with E-state index < -0.39 is 5.97 Å². The third kappa shape index (κ3) is 4.22. The zero-order valence-corrected chi connectivity index (χ0v) is 18.0. The number of aromatic nitrogens is 7. The molecule has 0 aliphatic heterocycles. The van der Waals surface area contributed by atoms with E-state index in [4.69, 9.17) is 16.3 Å². The van der Waals surface area contributed by atoms with Crippen LogP contribution in [-0.4, -0.2) is 47.8 Å². The average Bonchev–Trinajstić information content (AvgIpc) is 3.53. The molecule has 0 aliphatic carbocycles. The molecule has 0 radical (unpaired) electrons. The Balaban J connectivity index is 1.63. The molecule has 0 saturated heterocycles. The van der Waals surface area contributed by atoms with Crippen LogP contribution in [0.25, 0.3) is 17.2 Å². The van der Waals surface area contributed by atoms with Crippen LogP contribution in [0.3, 0.4) is 0 Å². The van der Waals surface area contributed by atoms with Crippen molar-refractivity contribution in [2.75, 3.05) is 7.11 Å². The van der Waals surface area contributed by atoms with E-state index in [1.807, 2.05) is 51.7 Å². The lowest BCUT2D eigenvalue weighted by molar-refractivity contribution is 0.0589. The quantitative estimate of drug-likeness (QED) is 0.420. The predicted molar refractivity (Wildman–Crippen MR) is 115 cm³/mol. The Morgan fingerprint density at radius 1 is 1.23 bits per heavy atom. The van der Waals surface area contributed by atoms with Crippen molar-refractivity contribution in [2.45, 2.75) is 32.7 Å². The van der Waals surface area contributed by atoms with Gasteiger partial charge in [-0.3, -0.25) is 0 Å². The van der Waals surface area contributed by atoms with E-state index in [1.54, 1.807) is 0 Å². The number of aryl methyl sites for hydroxylation is 1. The number of H-pyrrole nitrogens is 1. The molecule has 1 N–H and O–H groups in total. The van der Waals surface area contributed by atoms with E-state index >= 15 is 0 Å². The third-order valence-corrected chi connectivity index (χ3v) is 5.29. The molecule has 160 valence electrons. The number of methoxy groups -OCH3 is 1. The van der Waals surface area contributed by atoms with E-state index in [9.17, 15) is 4.79 Å². The molecule has 31 heavy (non-hydrogen) atoms. The fraction of sp³-hybridized carbons (Fsp3) is 0.286. The number of carbonyl (C=O) groups is 1. The summed E-state index contributed by atoms with van der Waals surface area (Å²) in [4.78, 5) is 16.7. The normalized spacial score (nSPS) is 11.1. The summed E-state index contributed by atoms with van der Waals surface area (Å²) in [6, 6.07) is 11.9. The van der Waals surface area contributed by atoms with Crippen molar-refractivity contribution in [1.82, 2.24) is 34.7 Å². The molecule has 0 spiro atoms. The Bertz CT molecular complexity index is 1160. The maximum absolute atomic E-state index is 12.3. The molecule has 9 nitrogen and oxygen atoms in total. The second-order valence-corrected chi connectivity index (χ2v) is 7.39. The summed E-state index contributed by atoms with van der Waals surface area (Å²) in [6.07, 6.45) is 4.66. The lowest BCUT2D eigenvalue weighted by atomic mass is 10.2. The highest BCUT2D eigenvalue weighted by atomic mass is 35.5. The molecule has 0 atom stereocenters. The molecule has 0 aliphatic rings. The fourth-order valence-electron chi connectivity index (χ4n) is 3.47. The molecule has 10 heteroatoms. The molecule has 3 aromatic heterocycles. The number of aromatic amines is 1. The van der Waals surface area contributed by atoms with Crippen LogP contribution in [0.4, 0.5) is 0 Å². The lowest BCUT2D eigenvalue weighted by Crippen LogP contribution is -2.14. The number of benzene rings is 1. The molecular weight excluding hydrogens is 418 g/mol. The number of halogens is 1. The average molecular weight is 440 g/mol. The van der Waals surface area contributed by atoms with Gasteiger partial charge in [-0.25, -0.2) is 14.9 Å². The number of hydrogen-bond acceptors (Lipinski definition) is 6. The molecule has 0 unspecified atom stereocenters. The van der Waals surface area contributed by atoms with Gasteiger partial charge in [0, 0.05) is 24.8 Å². The number of carbonyl (C=O) groups excluding carboxylic acids is 1. The topological polar surface area (TPSA) is 104 Å². The number of rotatable bonds is 8. The minimum Gasteiger partial charge on any atom is -0.464 e. The largest absolute Gasteiger partial charge is 0.464 e. The second kappa shape index (κ2) is 9.13. The van der Waals surface area contributed by atoms with Crippen LogP contribution in [-0.2, 0) is 17.7 Å². The molecule has 3 heterocycles. The fourth-order valence-corrected chi connectivity index (χ4v) is 3.74. The molecule has 0 saturated carbocycles. The highest BCUT2D eigenvalue weighted by Crippen LogP contribution is 2.23. The first-order valence-electron chi connectivity index (χ1n) is 9.96. The van der Waals surface area contributed by atoms with Crippen LogP contribution < -0.4 is 0 Å². The van der Waals surface area contributed by atoms with Crippen LogP contribution >= 0.6 is 11.6 Å². The van der Waals surface area contributed by atoms with Crippen LogP contribution in [0.1, 0.15) is 41.6 Å². The Morgan fingerprint density at radius 3 is 2.71 bits per heavy atom. The minimum atomic E-state index is -0.491. The smallest absolute Gasteiger partial charge is 0.357 e. The van der Waals surface area contributed by atoms with Gasteiger partial charge in [-0.1, -0.05) is 37.1 Å². The van der Waals surface area contributed by atoms with Gasteiger partial charge >= 0.3 is 5.97 Å². The van der Waals surface area contributed by atoms with Gasteiger partial charge in [0.1, 0.15) is 5.82 Å². The first kappa shape index (κ1) is 20.8. The molecule has 0 amide bonds. The molecule has 4 aromatic rings. The summed E-state index contributed by atoms with van der Waals surface area (Å²) >= 11 is 6.27. The summed E-state index contributed by atoms with van der Waals surface area (Å²) in [5.74, 6) is 0.877. The summed E-state index contributed by atoms with van der Waals surface area (Å²) in [5, 5.41) is 14.2. The van der Waals surface area contributed by atoms with Crippen molar-refractivity contribution < 1.29 is 9.53 Å². The van der Waals surface area contributed by atoms with Gasteiger partial charge in [-0.2, -0.15) is 0 Å². The van der Waals surface area contributed by atoms with Gasteiger partial charge in [0.05, 0.1) is 12.8 Å². The number of nitrogens with one attached hydrogen (secondary N) is 1. The van der Waals surface area contributed by atoms with Crippen molar-refractivity contribution in [1.29, 1.82) is 0 Å². The number of esters is 1. The summed E-state index contributed by atoms with van der Waals surface area (Å²) < 4.78 is 8.76. The summed E-state index contributed by atoms with van der Waals surface area (Å²) in [5.41, 5.74) is 3.11. The monoisotopic (exact) mass is 439 g/mol. The standard InChI is InChI=1S/C21H22ClN7O2/c1-3-4-7-17-23-19(22)18(21(30)31-2)29(17)13-14-8-10-15(11-9-14)28-12-5-6-16(28)20-24-26-27-25-20/h5-6,8-12H,3-4,7,13H2,1-2H3,(H,24,25,26,27). The van der Waals surface area contributed by atoms with Crippen LogP contribution in [0, 0.1) is 0 Å². The van der Waals surface area contributed by atoms with E-state index in [0.717, 1.165) is 42.0 Å². The Kier molecular flexibility index (Phi) is 6.13.